The number of aromatic nitrogens is 2. The molecule has 0 aliphatic rings. The number of carbonyl (C=O) groups is 1. The smallest absolute Gasteiger partial charge is 0.261 e. The molecule has 0 aliphatic heterocycles. The van der Waals surface area contributed by atoms with Gasteiger partial charge < -0.3 is 11.1 Å². The van der Waals surface area contributed by atoms with Gasteiger partial charge in [0.1, 0.15) is 0 Å². The number of hydrogen-bond donors (Lipinski definition) is 2. The minimum absolute atomic E-state index is 0.0777. The van der Waals surface area contributed by atoms with Crippen molar-refractivity contribution in [3.63, 3.8) is 0 Å². The molecule has 104 valence electrons. The van der Waals surface area contributed by atoms with E-state index in [4.69, 9.17) is 5.73 Å². The number of nitrogens with two attached hydrogens (primary N) is 1. The Labute approximate surface area is 121 Å². The molecular formula is C14H16N4OS. The van der Waals surface area contributed by atoms with Crippen LogP contribution in [-0.2, 0) is 6.54 Å². The number of hydrogen-bond acceptors (Lipinski definition) is 4. The largest absolute Gasteiger partial charge is 0.349 e. The van der Waals surface area contributed by atoms with Crippen LogP contribution in [0.2, 0.25) is 0 Å². The number of thiophene rings is 1. The second-order valence-corrected chi connectivity index (χ2v) is 5.21. The molecule has 0 atom stereocenters. The number of carbonyl (C=O) groups excluding carboxylic acids is 1. The molecule has 0 unspecified atom stereocenters. The van der Waals surface area contributed by atoms with Crippen LogP contribution in [0.5, 0.6) is 0 Å². The molecule has 2 aromatic rings. The maximum absolute atomic E-state index is 12.0. The van der Waals surface area contributed by atoms with Crippen LogP contribution in [0.1, 0.15) is 20.1 Å². The van der Waals surface area contributed by atoms with Gasteiger partial charge in [-0.3, -0.25) is 9.48 Å². The summed E-state index contributed by atoms with van der Waals surface area (Å²) in [6.45, 7) is 3.46. The molecule has 0 radical (unpaired) electrons. The Hall–Kier alpha value is -2.10. The number of rotatable bonds is 4. The first-order chi connectivity index (χ1) is 9.70. The molecule has 2 aromatic heterocycles. The van der Waals surface area contributed by atoms with Gasteiger partial charge in [0.25, 0.3) is 5.91 Å². The Kier molecular flexibility index (Phi) is 4.93. The van der Waals surface area contributed by atoms with Crippen LogP contribution in [0, 0.1) is 18.8 Å². The van der Waals surface area contributed by atoms with E-state index in [-0.39, 0.29) is 5.91 Å². The SMILES string of the molecule is Cc1cc(C(=O)NCCn2cccn2)sc1C#CCN. The lowest BCUT2D eigenvalue weighted by molar-refractivity contribution is 0.0956. The molecule has 6 heteroatoms. The van der Waals surface area contributed by atoms with Crippen LogP contribution in [0.15, 0.2) is 24.5 Å². The van der Waals surface area contributed by atoms with Gasteiger partial charge >= 0.3 is 0 Å². The zero-order chi connectivity index (χ0) is 14.4. The Morgan fingerprint density at radius 1 is 1.60 bits per heavy atom. The number of aryl methyl sites for hydroxylation is 1. The predicted molar refractivity (Wildman–Crippen MR) is 79.5 cm³/mol. The second kappa shape index (κ2) is 6.89. The molecular weight excluding hydrogens is 272 g/mol. The Balaban J connectivity index is 1.92. The van der Waals surface area contributed by atoms with Gasteiger partial charge in [0.2, 0.25) is 0 Å². The van der Waals surface area contributed by atoms with Gasteiger partial charge in [0.15, 0.2) is 0 Å². The molecule has 0 saturated carbocycles. The average Bonchev–Trinajstić information content (AvgIpc) is 3.06. The van der Waals surface area contributed by atoms with Crippen LogP contribution in [0.3, 0.4) is 0 Å². The van der Waals surface area contributed by atoms with Crippen LogP contribution < -0.4 is 11.1 Å². The zero-order valence-corrected chi connectivity index (χ0v) is 12.0. The van der Waals surface area contributed by atoms with Crippen molar-refractivity contribution >= 4 is 17.2 Å². The minimum atomic E-state index is -0.0777. The lowest BCUT2D eigenvalue weighted by atomic mass is 10.2. The maximum Gasteiger partial charge on any atom is 0.261 e. The van der Waals surface area contributed by atoms with E-state index < -0.39 is 0 Å². The monoisotopic (exact) mass is 288 g/mol. The van der Waals surface area contributed by atoms with Crippen LogP contribution in [0.25, 0.3) is 0 Å². The Bertz CT molecular complexity index is 634. The molecule has 3 N–H and O–H groups in total. The minimum Gasteiger partial charge on any atom is -0.349 e. The molecule has 2 heterocycles. The number of nitrogens with zero attached hydrogens (tertiary/aromatic N) is 2. The van der Waals surface area contributed by atoms with Gasteiger partial charge in [-0.1, -0.05) is 11.8 Å². The normalized spacial score (nSPS) is 9.90. The summed E-state index contributed by atoms with van der Waals surface area (Å²) >= 11 is 1.39. The molecule has 0 aromatic carbocycles. The second-order valence-electron chi connectivity index (χ2n) is 4.15. The fourth-order valence-electron chi connectivity index (χ4n) is 1.65. The molecule has 1 amide bonds. The fraction of sp³-hybridized carbons (Fsp3) is 0.286. The average molecular weight is 288 g/mol. The van der Waals surface area contributed by atoms with E-state index in [1.54, 1.807) is 10.9 Å². The van der Waals surface area contributed by atoms with Gasteiger partial charge in [-0.15, -0.1) is 11.3 Å². The van der Waals surface area contributed by atoms with Crippen molar-refractivity contribution in [1.82, 2.24) is 15.1 Å². The fourth-order valence-corrected chi connectivity index (χ4v) is 2.62. The first-order valence-electron chi connectivity index (χ1n) is 6.25. The first kappa shape index (κ1) is 14.3. The predicted octanol–water partition coefficient (Wildman–Crippen LogP) is 0.993. The zero-order valence-electron chi connectivity index (χ0n) is 11.2. The van der Waals surface area contributed by atoms with E-state index in [0.29, 0.717) is 24.5 Å². The quantitative estimate of drug-likeness (QED) is 0.824. The van der Waals surface area contributed by atoms with Crippen LogP contribution in [-0.4, -0.2) is 28.8 Å². The van der Waals surface area contributed by atoms with Gasteiger partial charge in [-0.2, -0.15) is 5.10 Å². The molecule has 0 aliphatic carbocycles. The lowest BCUT2D eigenvalue weighted by Crippen LogP contribution is -2.26. The highest BCUT2D eigenvalue weighted by atomic mass is 32.1. The highest BCUT2D eigenvalue weighted by Crippen LogP contribution is 2.20. The summed E-state index contributed by atoms with van der Waals surface area (Å²) in [5.41, 5.74) is 6.36. The van der Waals surface area contributed by atoms with Gasteiger partial charge in [0, 0.05) is 18.9 Å². The van der Waals surface area contributed by atoms with Crippen molar-refractivity contribution in [2.45, 2.75) is 13.5 Å². The summed E-state index contributed by atoms with van der Waals surface area (Å²) in [6, 6.07) is 3.71. The molecule has 5 nitrogen and oxygen atoms in total. The van der Waals surface area contributed by atoms with Crippen molar-refractivity contribution in [3.8, 4) is 11.8 Å². The maximum atomic E-state index is 12.0. The Morgan fingerprint density at radius 2 is 2.45 bits per heavy atom. The summed E-state index contributed by atoms with van der Waals surface area (Å²) in [7, 11) is 0. The van der Waals surface area contributed by atoms with E-state index in [9.17, 15) is 4.79 Å². The van der Waals surface area contributed by atoms with Crippen molar-refractivity contribution in [2.75, 3.05) is 13.1 Å². The lowest BCUT2D eigenvalue weighted by Gasteiger charge is -2.03. The van der Waals surface area contributed by atoms with Gasteiger partial charge in [-0.05, 0) is 24.6 Å². The van der Waals surface area contributed by atoms with Crippen LogP contribution in [0.4, 0.5) is 0 Å². The van der Waals surface area contributed by atoms with E-state index in [1.807, 2.05) is 25.3 Å². The van der Waals surface area contributed by atoms with E-state index >= 15 is 0 Å². The molecule has 0 bridgehead atoms. The molecule has 0 saturated heterocycles. The highest BCUT2D eigenvalue weighted by Gasteiger charge is 2.10. The molecule has 2 rings (SSSR count). The highest BCUT2D eigenvalue weighted by molar-refractivity contribution is 7.14. The molecule has 0 spiro atoms. The standard InChI is InChI=1S/C14H16N4OS/c1-11-10-13(20-12(11)4-2-5-15)14(19)16-7-9-18-8-3-6-17-18/h3,6,8,10H,5,7,9,15H2,1H3,(H,16,19). The van der Waals surface area contributed by atoms with Gasteiger partial charge in [0.05, 0.1) is 22.8 Å². The molecule has 20 heavy (non-hydrogen) atoms. The summed E-state index contributed by atoms with van der Waals surface area (Å²) in [5, 5.41) is 6.95. The number of amides is 1. The Morgan fingerprint density at radius 3 is 3.15 bits per heavy atom. The van der Waals surface area contributed by atoms with Crippen molar-refractivity contribution in [2.24, 2.45) is 5.73 Å². The van der Waals surface area contributed by atoms with Crippen molar-refractivity contribution in [3.05, 3.63) is 39.8 Å². The van der Waals surface area contributed by atoms with Crippen LogP contribution >= 0.6 is 11.3 Å². The molecule has 0 fully saturated rings. The third-order valence-corrected chi connectivity index (χ3v) is 3.78. The third kappa shape index (κ3) is 3.70. The summed E-state index contributed by atoms with van der Waals surface area (Å²) in [4.78, 5) is 13.6. The van der Waals surface area contributed by atoms with E-state index in [2.05, 4.69) is 22.3 Å². The summed E-state index contributed by atoms with van der Waals surface area (Å²) in [5.74, 6) is 5.70. The number of nitrogens with one attached hydrogen (secondary N) is 1. The topological polar surface area (TPSA) is 72.9 Å². The van der Waals surface area contributed by atoms with E-state index in [1.165, 1.54) is 11.3 Å². The van der Waals surface area contributed by atoms with E-state index in [0.717, 1.165) is 10.4 Å². The van der Waals surface area contributed by atoms with Crippen molar-refractivity contribution in [1.29, 1.82) is 0 Å². The third-order valence-electron chi connectivity index (χ3n) is 2.63. The van der Waals surface area contributed by atoms with Gasteiger partial charge in [-0.25, -0.2) is 0 Å². The first-order valence-corrected chi connectivity index (χ1v) is 7.07. The summed E-state index contributed by atoms with van der Waals surface area (Å²) in [6.07, 6.45) is 3.58. The van der Waals surface area contributed by atoms with Crippen molar-refractivity contribution < 1.29 is 4.79 Å². The summed E-state index contributed by atoms with van der Waals surface area (Å²) < 4.78 is 1.78.